The van der Waals surface area contributed by atoms with E-state index in [0.717, 1.165) is 14.8 Å². The first-order chi connectivity index (χ1) is 11.2. The van der Waals surface area contributed by atoms with E-state index in [0.29, 0.717) is 5.02 Å². The van der Waals surface area contributed by atoms with Crippen LogP contribution < -0.4 is 11.2 Å². The van der Waals surface area contributed by atoms with Crippen molar-refractivity contribution in [2.24, 2.45) is 14.1 Å². The molecule has 2 rings (SSSR count). The van der Waals surface area contributed by atoms with E-state index in [9.17, 15) is 9.59 Å². The van der Waals surface area contributed by atoms with Gasteiger partial charge in [0.2, 0.25) is 0 Å². The Morgan fingerprint density at radius 1 is 1.33 bits per heavy atom. The predicted molar refractivity (Wildman–Crippen MR) is 94.0 cm³/mol. The summed E-state index contributed by atoms with van der Waals surface area (Å²) in [5.41, 5.74) is -0.0838. The van der Waals surface area contributed by atoms with E-state index in [1.54, 1.807) is 6.07 Å². The van der Waals surface area contributed by atoms with E-state index in [-0.39, 0.29) is 23.9 Å². The summed E-state index contributed by atoms with van der Waals surface area (Å²) in [5, 5.41) is 12.9. The Balaban J connectivity index is 2.40. The maximum absolute atomic E-state index is 12.2. The molecule has 128 valence electrons. The van der Waals surface area contributed by atoms with Crippen molar-refractivity contribution in [3.8, 4) is 0 Å². The van der Waals surface area contributed by atoms with Crippen molar-refractivity contribution < 1.29 is 0 Å². The molecule has 0 spiro atoms. The van der Waals surface area contributed by atoms with Gasteiger partial charge in [-0.25, -0.2) is 9.48 Å². The van der Waals surface area contributed by atoms with Crippen molar-refractivity contribution >= 4 is 17.3 Å². The molecule has 0 aliphatic rings. The monoisotopic (exact) mass is 349 g/mol. The molecule has 0 aliphatic carbocycles. The number of hydrogen-bond acceptors (Lipinski definition) is 5. The number of halogens is 1. The number of aryl methyl sites for hydroxylation is 1. The molecule has 0 saturated carbocycles. The lowest BCUT2D eigenvalue weighted by atomic mass is 9.99. The van der Waals surface area contributed by atoms with Gasteiger partial charge in [-0.05, 0) is 31.8 Å². The fourth-order valence-electron chi connectivity index (χ4n) is 2.49. The molecule has 7 nitrogen and oxygen atoms in total. The molecule has 0 aliphatic heterocycles. The zero-order valence-electron chi connectivity index (χ0n) is 14.1. The smallest absolute Gasteiger partial charge is 0.303 e. The predicted octanol–water partition coefficient (Wildman–Crippen LogP) is 1.19. The van der Waals surface area contributed by atoms with Crippen LogP contribution in [0, 0.1) is 5.41 Å². The van der Waals surface area contributed by atoms with Crippen LogP contribution in [0.4, 0.5) is 0 Å². The Kier molecular flexibility index (Phi) is 5.36. The minimum absolute atomic E-state index is 0.0199. The Morgan fingerprint density at radius 2 is 2.00 bits per heavy atom. The van der Waals surface area contributed by atoms with Crippen molar-refractivity contribution in [1.82, 2.24) is 19.2 Å². The number of rotatable bonds is 5. The third kappa shape index (κ3) is 3.63. The van der Waals surface area contributed by atoms with Gasteiger partial charge in [-0.3, -0.25) is 9.36 Å². The normalized spacial score (nSPS) is 12.4. The first-order valence-corrected chi connectivity index (χ1v) is 7.74. The second-order valence-corrected chi connectivity index (χ2v) is 6.27. The summed E-state index contributed by atoms with van der Waals surface area (Å²) in [5.74, 6) is 0. The van der Waals surface area contributed by atoms with E-state index in [1.165, 1.54) is 14.1 Å². The number of nitrogens with zero attached hydrogens (tertiary/aromatic N) is 4. The lowest BCUT2D eigenvalue weighted by Crippen LogP contribution is -2.42. The average molecular weight is 350 g/mol. The first-order valence-electron chi connectivity index (χ1n) is 7.36. The molecule has 24 heavy (non-hydrogen) atoms. The average Bonchev–Trinajstić information content (AvgIpc) is 2.53. The molecule has 0 amide bonds. The van der Waals surface area contributed by atoms with Crippen LogP contribution in [-0.2, 0) is 14.1 Å². The number of aromatic nitrogens is 3. The molecule has 1 N–H and O–H groups in total. The van der Waals surface area contributed by atoms with Gasteiger partial charge in [0, 0.05) is 31.6 Å². The SMILES string of the molecule is CN(C)C(CC(=N)c1nn(C)c(=O)n(C)c1=O)c1cccc(Cl)c1. The van der Waals surface area contributed by atoms with Gasteiger partial charge in [-0.15, -0.1) is 0 Å². The highest BCUT2D eigenvalue weighted by Gasteiger charge is 2.21. The fourth-order valence-corrected chi connectivity index (χ4v) is 2.69. The van der Waals surface area contributed by atoms with Crippen LogP contribution in [0.25, 0.3) is 0 Å². The van der Waals surface area contributed by atoms with E-state index in [4.69, 9.17) is 17.0 Å². The molecule has 1 heterocycles. The Bertz CT molecular complexity index is 885. The third-order valence-electron chi connectivity index (χ3n) is 3.86. The summed E-state index contributed by atoms with van der Waals surface area (Å²) in [4.78, 5) is 25.9. The topological polar surface area (TPSA) is 84.0 Å². The summed E-state index contributed by atoms with van der Waals surface area (Å²) in [6, 6.07) is 7.26. The highest BCUT2D eigenvalue weighted by molar-refractivity contribution is 6.30. The Hall–Kier alpha value is -2.25. The quantitative estimate of drug-likeness (QED) is 0.822. The van der Waals surface area contributed by atoms with Crippen LogP contribution in [0.3, 0.4) is 0 Å². The maximum atomic E-state index is 12.2. The molecule has 0 bridgehead atoms. The van der Waals surface area contributed by atoms with Crippen LogP contribution in [0.1, 0.15) is 23.7 Å². The molecule has 2 aromatic rings. The molecule has 1 aromatic heterocycles. The minimum Gasteiger partial charge on any atom is -0.303 e. The maximum Gasteiger partial charge on any atom is 0.346 e. The van der Waals surface area contributed by atoms with Gasteiger partial charge in [0.1, 0.15) is 0 Å². The van der Waals surface area contributed by atoms with Crippen LogP contribution in [0.5, 0.6) is 0 Å². The third-order valence-corrected chi connectivity index (χ3v) is 4.10. The highest BCUT2D eigenvalue weighted by Crippen LogP contribution is 2.25. The number of nitrogens with one attached hydrogen (secondary N) is 1. The summed E-state index contributed by atoms with van der Waals surface area (Å²) < 4.78 is 2.02. The van der Waals surface area contributed by atoms with Gasteiger partial charge < -0.3 is 10.3 Å². The molecule has 8 heteroatoms. The van der Waals surface area contributed by atoms with Crippen LogP contribution in [-0.4, -0.2) is 39.1 Å². The minimum atomic E-state index is -0.563. The molecule has 0 radical (unpaired) electrons. The van der Waals surface area contributed by atoms with Crippen molar-refractivity contribution in [2.45, 2.75) is 12.5 Å². The van der Waals surface area contributed by atoms with Crippen molar-refractivity contribution in [1.29, 1.82) is 5.41 Å². The molecule has 1 atom stereocenters. The molecule has 1 aromatic carbocycles. The van der Waals surface area contributed by atoms with Crippen LogP contribution >= 0.6 is 11.6 Å². The van der Waals surface area contributed by atoms with E-state index < -0.39 is 11.2 Å². The van der Waals surface area contributed by atoms with Crippen molar-refractivity contribution in [3.05, 3.63) is 61.4 Å². The summed E-state index contributed by atoms with van der Waals surface area (Å²) in [6.45, 7) is 0. The van der Waals surface area contributed by atoms with Gasteiger partial charge in [-0.2, -0.15) is 5.10 Å². The Labute approximate surface area is 144 Å². The summed E-state index contributed by atoms with van der Waals surface area (Å²) >= 11 is 6.06. The number of hydrogen-bond donors (Lipinski definition) is 1. The standard InChI is InChI=1S/C16H20ClN5O2/c1-20(2)13(10-6-5-7-11(17)8-10)9-12(18)14-15(23)21(3)16(24)22(4)19-14/h5-8,13,18H,9H2,1-4H3. The van der Waals surface area contributed by atoms with Gasteiger partial charge in [0.15, 0.2) is 5.69 Å². The first kappa shape index (κ1) is 18.1. The summed E-state index contributed by atoms with van der Waals surface area (Å²) in [6.07, 6.45) is 0.272. The second-order valence-electron chi connectivity index (χ2n) is 5.84. The zero-order chi connectivity index (χ0) is 18.0. The largest absolute Gasteiger partial charge is 0.346 e. The molecular weight excluding hydrogens is 330 g/mol. The lowest BCUT2D eigenvalue weighted by molar-refractivity contribution is 0.306. The number of benzene rings is 1. The highest BCUT2D eigenvalue weighted by atomic mass is 35.5. The van der Waals surface area contributed by atoms with Crippen molar-refractivity contribution in [2.75, 3.05) is 14.1 Å². The molecule has 0 fully saturated rings. The molecule has 1 unspecified atom stereocenters. The van der Waals surface area contributed by atoms with Gasteiger partial charge in [0.25, 0.3) is 5.56 Å². The second kappa shape index (κ2) is 7.11. The van der Waals surface area contributed by atoms with Gasteiger partial charge in [0.05, 0.1) is 5.71 Å². The van der Waals surface area contributed by atoms with Gasteiger partial charge >= 0.3 is 5.69 Å². The molecule has 0 saturated heterocycles. The Morgan fingerprint density at radius 3 is 2.58 bits per heavy atom. The van der Waals surface area contributed by atoms with E-state index >= 15 is 0 Å². The zero-order valence-corrected chi connectivity index (χ0v) is 14.8. The van der Waals surface area contributed by atoms with Crippen molar-refractivity contribution in [3.63, 3.8) is 0 Å². The van der Waals surface area contributed by atoms with E-state index in [1.807, 2.05) is 37.2 Å². The molecular formula is C16H20ClN5O2. The van der Waals surface area contributed by atoms with Crippen LogP contribution in [0.2, 0.25) is 5.02 Å². The fraction of sp³-hybridized carbons (Fsp3) is 0.375. The van der Waals surface area contributed by atoms with E-state index in [2.05, 4.69) is 5.10 Å². The van der Waals surface area contributed by atoms with Gasteiger partial charge in [-0.1, -0.05) is 23.7 Å². The van der Waals surface area contributed by atoms with Crippen LogP contribution in [0.15, 0.2) is 33.9 Å². The lowest BCUT2D eigenvalue weighted by Gasteiger charge is -2.25. The summed E-state index contributed by atoms with van der Waals surface area (Å²) in [7, 11) is 6.62.